The van der Waals surface area contributed by atoms with E-state index in [0.29, 0.717) is 11.3 Å². The minimum absolute atomic E-state index is 0.0441. The van der Waals surface area contributed by atoms with Crippen molar-refractivity contribution in [2.24, 2.45) is 0 Å². The number of amides is 1. The number of hydrogen-bond donors (Lipinski definition) is 2. The largest absolute Gasteiger partial charge is 0.394 e. The molecule has 0 aliphatic carbocycles. The molecular weight excluding hydrogens is 226 g/mol. The third kappa shape index (κ3) is 3.24. The van der Waals surface area contributed by atoms with Gasteiger partial charge in [-0.05, 0) is 24.4 Å². The standard InChI is InChI=1S/C10H17N3O2S/c1-3-5-8-9(16-13-12-8)10(15)11-7(4-2)6-14/h7,14H,3-6H2,1-2H3,(H,11,15)/t7-/m1/s1. The summed E-state index contributed by atoms with van der Waals surface area (Å²) in [5, 5.41) is 15.7. The first-order valence-corrected chi connectivity index (χ1v) is 6.23. The monoisotopic (exact) mass is 243 g/mol. The maximum absolute atomic E-state index is 11.8. The average molecular weight is 243 g/mol. The van der Waals surface area contributed by atoms with Gasteiger partial charge >= 0.3 is 0 Å². The van der Waals surface area contributed by atoms with Gasteiger partial charge in [0.05, 0.1) is 18.3 Å². The van der Waals surface area contributed by atoms with Crippen LogP contribution in [0.2, 0.25) is 0 Å². The van der Waals surface area contributed by atoms with Crippen molar-refractivity contribution >= 4 is 17.4 Å². The molecule has 0 fully saturated rings. The Kier molecular flexibility index (Phi) is 5.34. The number of carbonyl (C=O) groups excluding carboxylic acids is 1. The molecule has 0 spiro atoms. The molecule has 1 rings (SSSR count). The first-order chi connectivity index (χ1) is 7.72. The summed E-state index contributed by atoms with van der Waals surface area (Å²) in [6.07, 6.45) is 2.40. The number of aromatic nitrogens is 2. The molecule has 0 saturated heterocycles. The van der Waals surface area contributed by atoms with Crippen LogP contribution in [0, 0.1) is 0 Å². The summed E-state index contributed by atoms with van der Waals surface area (Å²) < 4.78 is 3.79. The van der Waals surface area contributed by atoms with Crippen LogP contribution in [0.15, 0.2) is 0 Å². The third-order valence-corrected chi connectivity index (χ3v) is 3.06. The van der Waals surface area contributed by atoms with Crippen LogP contribution in [0.4, 0.5) is 0 Å². The zero-order chi connectivity index (χ0) is 12.0. The second-order valence-electron chi connectivity index (χ2n) is 3.56. The summed E-state index contributed by atoms with van der Waals surface area (Å²) in [5.41, 5.74) is 0.748. The number of aliphatic hydroxyl groups is 1. The van der Waals surface area contributed by atoms with Crippen LogP contribution in [-0.4, -0.2) is 33.2 Å². The molecule has 16 heavy (non-hydrogen) atoms. The van der Waals surface area contributed by atoms with Crippen molar-refractivity contribution in [1.29, 1.82) is 0 Å². The van der Waals surface area contributed by atoms with E-state index >= 15 is 0 Å². The summed E-state index contributed by atoms with van der Waals surface area (Å²) in [6.45, 7) is 3.90. The molecule has 6 heteroatoms. The van der Waals surface area contributed by atoms with E-state index in [1.165, 1.54) is 0 Å². The Morgan fingerprint density at radius 2 is 2.31 bits per heavy atom. The van der Waals surface area contributed by atoms with E-state index in [2.05, 4.69) is 14.9 Å². The molecule has 5 nitrogen and oxygen atoms in total. The van der Waals surface area contributed by atoms with Crippen LogP contribution in [0.1, 0.15) is 42.1 Å². The molecule has 90 valence electrons. The van der Waals surface area contributed by atoms with Gasteiger partial charge in [-0.2, -0.15) is 0 Å². The van der Waals surface area contributed by atoms with E-state index in [1.807, 2.05) is 13.8 Å². The number of nitrogens with one attached hydrogen (secondary N) is 1. The van der Waals surface area contributed by atoms with Crippen LogP contribution in [-0.2, 0) is 6.42 Å². The first-order valence-electron chi connectivity index (χ1n) is 5.45. The molecule has 0 saturated carbocycles. The third-order valence-electron chi connectivity index (χ3n) is 2.30. The summed E-state index contributed by atoms with van der Waals surface area (Å²) in [5.74, 6) is -0.181. The summed E-state index contributed by atoms with van der Waals surface area (Å²) in [6, 6.07) is -0.191. The molecule has 0 radical (unpaired) electrons. The van der Waals surface area contributed by atoms with Gasteiger partial charge in [-0.15, -0.1) is 5.10 Å². The molecule has 1 aromatic heterocycles. The Bertz CT molecular complexity index is 337. The van der Waals surface area contributed by atoms with Crippen molar-refractivity contribution in [1.82, 2.24) is 14.9 Å². The Morgan fingerprint density at radius 1 is 1.56 bits per heavy atom. The highest BCUT2D eigenvalue weighted by Crippen LogP contribution is 2.12. The smallest absolute Gasteiger partial charge is 0.265 e. The molecule has 0 unspecified atom stereocenters. The van der Waals surface area contributed by atoms with Gasteiger partial charge in [0.25, 0.3) is 5.91 Å². The quantitative estimate of drug-likeness (QED) is 0.781. The van der Waals surface area contributed by atoms with Gasteiger partial charge < -0.3 is 10.4 Å². The lowest BCUT2D eigenvalue weighted by molar-refractivity contribution is 0.0918. The Hall–Kier alpha value is -1.01. The van der Waals surface area contributed by atoms with Crippen molar-refractivity contribution in [3.63, 3.8) is 0 Å². The predicted molar refractivity (Wildman–Crippen MR) is 62.5 cm³/mol. The average Bonchev–Trinajstić information content (AvgIpc) is 2.74. The molecule has 0 aromatic carbocycles. The van der Waals surface area contributed by atoms with Gasteiger partial charge in [-0.25, -0.2) is 0 Å². The number of hydrogen-bond acceptors (Lipinski definition) is 5. The fourth-order valence-electron chi connectivity index (χ4n) is 1.31. The van der Waals surface area contributed by atoms with Gasteiger partial charge in [-0.1, -0.05) is 24.8 Å². The first kappa shape index (κ1) is 13.1. The predicted octanol–water partition coefficient (Wildman–Crippen LogP) is 0.991. The minimum atomic E-state index is -0.191. The molecular formula is C10H17N3O2S. The van der Waals surface area contributed by atoms with E-state index < -0.39 is 0 Å². The second kappa shape index (κ2) is 6.55. The normalized spacial score (nSPS) is 12.4. The SMILES string of the molecule is CCCc1nnsc1C(=O)N[C@H](CC)CO. The van der Waals surface area contributed by atoms with Gasteiger partial charge in [0.2, 0.25) is 0 Å². The Labute approximate surface area is 99.0 Å². The van der Waals surface area contributed by atoms with Crippen LogP contribution >= 0.6 is 11.5 Å². The van der Waals surface area contributed by atoms with Gasteiger partial charge in [0.1, 0.15) is 4.88 Å². The fourth-order valence-corrected chi connectivity index (χ4v) is 1.92. The van der Waals surface area contributed by atoms with Crippen molar-refractivity contribution in [2.45, 2.75) is 39.2 Å². The molecule has 1 heterocycles. The Balaban J connectivity index is 2.68. The lowest BCUT2D eigenvalue weighted by atomic mass is 10.2. The Morgan fingerprint density at radius 3 is 2.88 bits per heavy atom. The zero-order valence-electron chi connectivity index (χ0n) is 9.56. The van der Waals surface area contributed by atoms with Crippen molar-refractivity contribution in [2.75, 3.05) is 6.61 Å². The van der Waals surface area contributed by atoms with E-state index in [4.69, 9.17) is 5.11 Å². The topological polar surface area (TPSA) is 75.1 Å². The molecule has 0 bridgehead atoms. The maximum atomic E-state index is 11.8. The van der Waals surface area contributed by atoms with Gasteiger partial charge in [0.15, 0.2) is 0 Å². The van der Waals surface area contributed by atoms with Crippen LogP contribution < -0.4 is 5.32 Å². The zero-order valence-corrected chi connectivity index (χ0v) is 10.4. The van der Waals surface area contributed by atoms with Crippen molar-refractivity contribution < 1.29 is 9.90 Å². The highest BCUT2D eigenvalue weighted by Gasteiger charge is 2.17. The fraction of sp³-hybridized carbons (Fsp3) is 0.700. The van der Waals surface area contributed by atoms with E-state index in [0.717, 1.165) is 30.1 Å². The molecule has 1 amide bonds. The van der Waals surface area contributed by atoms with E-state index in [-0.39, 0.29) is 18.6 Å². The van der Waals surface area contributed by atoms with Crippen LogP contribution in [0.25, 0.3) is 0 Å². The molecule has 2 N–H and O–H groups in total. The minimum Gasteiger partial charge on any atom is -0.394 e. The summed E-state index contributed by atoms with van der Waals surface area (Å²) >= 11 is 1.11. The number of rotatable bonds is 6. The summed E-state index contributed by atoms with van der Waals surface area (Å²) in [4.78, 5) is 12.4. The van der Waals surface area contributed by atoms with E-state index in [1.54, 1.807) is 0 Å². The molecule has 1 atom stereocenters. The maximum Gasteiger partial charge on any atom is 0.265 e. The van der Waals surface area contributed by atoms with Gasteiger partial charge in [-0.3, -0.25) is 4.79 Å². The number of nitrogens with zero attached hydrogens (tertiary/aromatic N) is 2. The molecule has 0 aliphatic heterocycles. The highest BCUT2D eigenvalue weighted by atomic mass is 32.1. The second-order valence-corrected chi connectivity index (χ2v) is 4.31. The lowest BCUT2D eigenvalue weighted by Crippen LogP contribution is -2.36. The van der Waals surface area contributed by atoms with Crippen LogP contribution in [0.5, 0.6) is 0 Å². The number of aryl methyl sites for hydroxylation is 1. The number of carbonyl (C=O) groups is 1. The van der Waals surface area contributed by atoms with E-state index in [9.17, 15) is 4.79 Å². The van der Waals surface area contributed by atoms with Gasteiger partial charge in [0, 0.05) is 0 Å². The summed E-state index contributed by atoms with van der Waals surface area (Å²) in [7, 11) is 0. The van der Waals surface area contributed by atoms with Crippen molar-refractivity contribution in [3.05, 3.63) is 10.6 Å². The highest BCUT2D eigenvalue weighted by molar-refractivity contribution is 7.08. The molecule has 0 aliphatic rings. The number of aliphatic hydroxyl groups excluding tert-OH is 1. The van der Waals surface area contributed by atoms with Crippen LogP contribution in [0.3, 0.4) is 0 Å². The lowest BCUT2D eigenvalue weighted by Gasteiger charge is -2.13. The van der Waals surface area contributed by atoms with Crippen molar-refractivity contribution in [3.8, 4) is 0 Å². The molecule has 1 aromatic rings.